The Morgan fingerprint density at radius 1 is 1.10 bits per heavy atom. The van der Waals surface area contributed by atoms with E-state index in [0.29, 0.717) is 6.04 Å². The average molecular weight is 302 g/mol. The van der Waals surface area contributed by atoms with Crippen molar-refractivity contribution in [3.05, 3.63) is 52.2 Å². The molecular formula is C18H26N2S. The maximum atomic E-state index is 3.60. The summed E-state index contributed by atoms with van der Waals surface area (Å²) in [5.74, 6) is 0. The molecule has 1 heterocycles. The monoisotopic (exact) mass is 302 g/mol. The van der Waals surface area contributed by atoms with Crippen LogP contribution in [0.1, 0.15) is 43.7 Å². The minimum atomic E-state index is 0.434. The van der Waals surface area contributed by atoms with Gasteiger partial charge in [-0.15, -0.1) is 11.3 Å². The Kier molecular flexibility index (Phi) is 6.27. The van der Waals surface area contributed by atoms with E-state index >= 15 is 0 Å². The number of hydrogen-bond acceptors (Lipinski definition) is 3. The molecule has 21 heavy (non-hydrogen) atoms. The lowest BCUT2D eigenvalue weighted by atomic mass is 10.0. The normalized spacial score (nSPS) is 12.3. The SMILES string of the molecule is CCNC(CC)c1ccccc1N(CC)Cc1cccs1. The summed E-state index contributed by atoms with van der Waals surface area (Å²) in [6.45, 7) is 9.68. The third-order valence-corrected chi connectivity index (χ3v) is 4.68. The van der Waals surface area contributed by atoms with Crippen molar-refractivity contribution < 1.29 is 0 Å². The molecule has 0 spiro atoms. The molecule has 0 radical (unpaired) electrons. The predicted octanol–water partition coefficient (Wildman–Crippen LogP) is 4.84. The lowest BCUT2D eigenvalue weighted by Gasteiger charge is -2.28. The van der Waals surface area contributed by atoms with E-state index in [4.69, 9.17) is 0 Å². The van der Waals surface area contributed by atoms with Crippen LogP contribution in [0.3, 0.4) is 0 Å². The van der Waals surface area contributed by atoms with E-state index in [1.807, 2.05) is 11.3 Å². The second kappa shape index (κ2) is 8.20. The standard InChI is InChI=1S/C18H26N2S/c1-4-17(19-5-2)16-11-7-8-12-18(16)20(6-3)14-15-10-9-13-21-15/h7-13,17,19H,4-6,14H2,1-3H3. The van der Waals surface area contributed by atoms with E-state index in [9.17, 15) is 0 Å². The number of para-hydroxylation sites is 1. The van der Waals surface area contributed by atoms with Crippen LogP contribution in [0.25, 0.3) is 0 Å². The minimum Gasteiger partial charge on any atom is -0.366 e. The summed E-state index contributed by atoms with van der Waals surface area (Å²) in [5.41, 5.74) is 2.78. The molecule has 0 saturated carbocycles. The van der Waals surface area contributed by atoms with Gasteiger partial charge in [0.15, 0.2) is 0 Å². The van der Waals surface area contributed by atoms with E-state index in [1.54, 1.807) is 0 Å². The number of nitrogens with zero attached hydrogens (tertiary/aromatic N) is 1. The van der Waals surface area contributed by atoms with Crippen molar-refractivity contribution in [1.29, 1.82) is 0 Å². The third kappa shape index (κ3) is 4.08. The summed E-state index contributed by atoms with van der Waals surface area (Å²) in [6, 6.07) is 13.6. The van der Waals surface area contributed by atoms with Crippen molar-refractivity contribution in [2.45, 2.75) is 39.8 Å². The molecular weight excluding hydrogens is 276 g/mol. The molecule has 2 aromatic rings. The van der Waals surface area contributed by atoms with Gasteiger partial charge in [-0.1, -0.05) is 38.1 Å². The quantitative estimate of drug-likeness (QED) is 0.751. The highest BCUT2D eigenvalue weighted by atomic mass is 32.1. The Hall–Kier alpha value is -1.32. The zero-order valence-electron chi connectivity index (χ0n) is 13.3. The Balaban J connectivity index is 2.28. The van der Waals surface area contributed by atoms with Crippen molar-refractivity contribution in [3.63, 3.8) is 0 Å². The molecule has 114 valence electrons. The molecule has 2 rings (SSSR count). The van der Waals surface area contributed by atoms with Gasteiger partial charge in [-0.3, -0.25) is 0 Å². The maximum absolute atomic E-state index is 3.60. The van der Waals surface area contributed by atoms with Gasteiger partial charge in [0.1, 0.15) is 0 Å². The van der Waals surface area contributed by atoms with E-state index in [1.165, 1.54) is 16.1 Å². The molecule has 1 aromatic heterocycles. The summed E-state index contributed by atoms with van der Waals surface area (Å²) >= 11 is 1.83. The zero-order chi connectivity index (χ0) is 15.1. The summed E-state index contributed by atoms with van der Waals surface area (Å²) in [6.07, 6.45) is 1.11. The predicted molar refractivity (Wildman–Crippen MR) is 94.2 cm³/mol. The fraction of sp³-hybridized carbons (Fsp3) is 0.444. The van der Waals surface area contributed by atoms with Crippen LogP contribution in [0.2, 0.25) is 0 Å². The largest absolute Gasteiger partial charge is 0.366 e. The highest BCUT2D eigenvalue weighted by Crippen LogP contribution is 2.29. The molecule has 0 saturated heterocycles. The van der Waals surface area contributed by atoms with Gasteiger partial charge in [0.05, 0.1) is 6.54 Å². The topological polar surface area (TPSA) is 15.3 Å². The molecule has 1 unspecified atom stereocenters. The zero-order valence-corrected chi connectivity index (χ0v) is 14.1. The number of hydrogen-bond donors (Lipinski definition) is 1. The molecule has 1 atom stereocenters. The Labute approximate surface area is 132 Å². The smallest absolute Gasteiger partial charge is 0.0522 e. The molecule has 0 aliphatic heterocycles. The summed E-state index contributed by atoms with van der Waals surface area (Å²) in [5, 5.41) is 5.76. The van der Waals surface area contributed by atoms with E-state index < -0.39 is 0 Å². The lowest BCUT2D eigenvalue weighted by molar-refractivity contribution is 0.536. The molecule has 1 N–H and O–H groups in total. The van der Waals surface area contributed by atoms with Gasteiger partial charge in [-0.05, 0) is 43.0 Å². The van der Waals surface area contributed by atoms with Crippen LogP contribution >= 0.6 is 11.3 Å². The summed E-state index contributed by atoms with van der Waals surface area (Å²) in [7, 11) is 0. The second-order valence-corrected chi connectivity index (χ2v) is 6.20. The van der Waals surface area contributed by atoms with Gasteiger partial charge in [0, 0.05) is 23.2 Å². The van der Waals surface area contributed by atoms with E-state index in [2.05, 4.69) is 72.8 Å². The van der Waals surface area contributed by atoms with Gasteiger partial charge < -0.3 is 10.2 Å². The van der Waals surface area contributed by atoms with Crippen LogP contribution in [0.5, 0.6) is 0 Å². The number of rotatable bonds is 8. The van der Waals surface area contributed by atoms with Crippen molar-refractivity contribution >= 4 is 17.0 Å². The highest BCUT2D eigenvalue weighted by Gasteiger charge is 2.16. The first-order valence-electron chi connectivity index (χ1n) is 7.89. The van der Waals surface area contributed by atoms with Crippen molar-refractivity contribution in [3.8, 4) is 0 Å². The van der Waals surface area contributed by atoms with Gasteiger partial charge in [-0.2, -0.15) is 0 Å². The van der Waals surface area contributed by atoms with Crippen molar-refractivity contribution in [2.75, 3.05) is 18.0 Å². The van der Waals surface area contributed by atoms with Crippen LogP contribution in [-0.2, 0) is 6.54 Å². The van der Waals surface area contributed by atoms with Gasteiger partial charge in [0.2, 0.25) is 0 Å². The number of benzene rings is 1. The molecule has 0 amide bonds. The minimum absolute atomic E-state index is 0.434. The number of thiophene rings is 1. The molecule has 0 aliphatic rings. The van der Waals surface area contributed by atoms with Crippen LogP contribution in [-0.4, -0.2) is 13.1 Å². The first-order chi connectivity index (χ1) is 10.3. The third-order valence-electron chi connectivity index (χ3n) is 3.82. The Morgan fingerprint density at radius 3 is 2.52 bits per heavy atom. The molecule has 0 fully saturated rings. The molecule has 1 aromatic carbocycles. The van der Waals surface area contributed by atoms with E-state index in [0.717, 1.165) is 26.1 Å². The average Bonchev–Trinajstić information content (AvgIpc) is 3.03. The Morgan fingerprint density at radius 2 is 1.90 bits per heavy atom. The van der Waals surface area contributed by atoms with Crippen LogP contribution in [0.15, 0.2) is 41.8 Å². The first-order valence-corrected chi connectivity index (χ1v) is 8.77. The number of anilines is 1. The summed E-state index contributed by atoms with van der Waals surface area (Å²) < 4.78 is 0. The van der Waals surface area contributed by atoms with Crippen LogP contribution in [0, 0.1) is 0 Å². The van der Waals surface area contributed by atoms with Gasteiger partial charge in [-0.25, -0.2) is 0 Å². The molecule has 2 nitrogen and oxygen atoms in total. The highest BCUT2D eigenvalue weighted by molar-refractivity contribution is 7.09. The first kappa shape index (κ1) is 16.1. The lowest BCUT2D eigenvalue weighted by Crippen LogP contribution is -2.26. The van der Waals surface area contributed by atoms with Gasteiger partial charge >= 0.3 is 0 Å². The van der Waals surface area contributed by atoms with Crippen LogP contribution in [0.4, 0.5) is 5.69 Å². The molecule has 0 aliphatic carbocycles. The Bertz CT molecular complexity index is 522. The fourth-order valence-electron chi connectivity index (χ4n) is 2.75. The fourth-order valence-corrected chi connectivity index (χ4v) is 3.47. The van der Waals surface area contributed by atoms with E-state index in [-0.39, 0.29) is 0 Å². The molecule has 3 heteroatoms. The van der Waals surface area contributed by atoms with Crippen molar-refractivity contribution in [1.82, 2.24) is 5.32 Å². The molecule has 0 bridgehead atoms. The van der Waals surface area contributed by atoms with Crippen LogP contribution < -0.4 is 10.2 Å². The maximum Gasteiger partial charge on any atom is 0.0522 e. The van der Waals surface area contributed by atoms with Crippen molar-refractivity contribution in [2.24, 2.45) is 0 Å². The number of nitrogens with one attached hydrogen (secondary N) is 1. The van der Waals surface area contributed by atoms with Gasteiger partial charge in [0.25, 0.3) is 0 Å². The second-order valence-electron chi connectivity index (χ2n) is 5.17. The summed E-state index contributed by atoms with van der Waals surface area (Å²) in [4.78, 5) is 3.89.